The second-order valence-electron chi connectivity index (χ2n) is 5.97. The summed E-state index contributed by atoms with van der Waals surface area (Å²) in [5.41, 5.74) is 1.00. The van der Waals surface area contributed by atoms with E-state index in [4.69, 9.17) is 0 Å². The number of anilines is 1. The van der Waals surface area contributed by atoms with Crippen LogP contribution in [0.3, 0.4) is 0 Å². The van der Waals surface area contributed by atoms with Gasteiger partial charge in [0.15, 0.2) is 0 Å². The minimum atomic E-state index is -0.112. The first-order valence-corrected chi connectivity index (χ1v) is 7.32. The highest BCUT2D eigenvalue weighted by molar-refractivity contribution is 5.36. The Morgan fingerprint density at radius 3 is 2.84 bits per heavy atom. The van der Waals surface area contributed by atoms with Crippen LogP contribution >= 0.6 is 0 Å². The van der Waals surface area contributed by atoms with Crippen LogP contribution in [0.1, 0.15) is 57.0 Å². The van der Waals surface area contributed by atoms with Gasteiger partial charge in [0.05, 0.1) is 6.10 Å². The van der Waals surface area contributed by atoms with Gasteiger partial charge in [-0.2, -0.15) is 0 Å². The lowest BCUT2D eigenvalue weighted by Gasteiger charge is -2.26. The highest BCUT2D eigenvalue weighted by atomic mass is 16.3. The number of nitrogens with one attached hydrogen (secondary N) is 1. The topological polar surface area (TPSA) is 58.0 Å². The van der Waals surface area contributed by atoms with Crippen molar-refractivity contribution >= 4 is 5.82 Å². The molecule has 1 aromatic heterocycles. The third-order valence-electron chi connectivity index (χ3n) is 3.71. The number of aromatic nitrogens is 2. The van der Waals surface area contributed by atoms with Crippen LogP contribution in [0.5, 0.6) is 0 Å². The second-order valence-corrected chi connectivity index (χ2v) is 5.97. The minimum absolute atomic E-state index is 0.112. The van der Waals surface area contributed by atoms with Crippen LogP contribution in [-0.2, 0) is 0 Å². The second kappa shape index (κ2) is 6.33. The van der Waals surface area contributed by atoms with Gasteiger partial charge in [0.1, 0.15) is 11.6 Å². The van der Waals surface area contributed by atoms with E-state index in [0.717, 1.165) is 43.1 Å². The fourth-order valence-corrected chi connectivity index (χ4v) is 2.64. The smallest absolute Gasteiger partial charge is 0.133 e. The van der Waals surface area contributed by atoms with Crippen LogP contribution in [-0.4, -0.2) is 27.7 Å². The number of nitrogens with zero attached hydrogens (tertiary/aromatic N) is 2. The molecule has 2 N–H and O–H groups in total. The average Bonchev–Trinajstić information content (AvgIpc) is 2.36. The molecule has 19 heavy (non-hydrogen) atoms. The molecule has 1 fully saturated rings. The summed E-state index contributed by atoms with van der Waals surface area (Å²) in [6.07, 6.45) is 4.09. The molecule has 1 heterocycles. The highest BCUT2D eigenvalue weighted by Crippen LogP contribution is 2.24. The Balaban J connectivity index is 1.95. The molecule has 1 aliphatic carbocycles. The molecule has 0 aromatic carbocycles. The monoisotopic (exact) mass is 263 g/mol. The zero-order valence-electron chi connectivity index (χ0n) is 12.2. The summed E-state index contributed by atoms with van der Waals surface area (Å²) in [7, 11) is 0. The molecule has 0 bridgehead atoms. The Bertz CT molecular complexity index is 420. The summed E-state index contributed by atoms with van der Waals surface area (Å²) in [5.74, 6) is 2.71. The van der Waals surface area contributed by atoms with Crippen LogP contribution in [0.25, 0.3) is 0 Å². The zero-order valence-corrected chi connectivity index (χ0v) is 12.2. The van der Waals surface area contributed by atoms with E-state index in [9.17, 15) is 5.11 Å². The summed E-state index contributed by atoms with van der Waals surface area (Å²) >= 11 is 0. The van der Waals surface area contributed by atoms with Gasteiger partial charge < -0.3 is 10.4 Å². The number of aliphatic hydroxyl groups is 1. The van der Waals surface area contributed by atoms with Crippen LogP contribution in [0, 0.1) is 12.8 Å². The first-order valence-electron chi connectivity index (χ1n) is 7.32. The van der Waals surface area contributed by atoms with Crippen LogP contribution in [0.4, 0.5) is 5.82 Å². The number of aliphatic hydroxyl groups excluding tert-OH is 1. The first-order chi connectivity index (χ1) is 9.04. The third kappa shape index (κ3) is 4.16. The average molecular weight is 263 g/mol. The molecule has 0 saturated heterocycles. The standard InChI is InChI=1S/C15H25N3O/c1-10(2)15-17-11(3)7-14(18-15)16-9-12-5-4-6-13(19)8-12/h7,10,12-13,19H,4-6,8-9H2,1-3H3,(H,16,17,18). The lowest BCUT2D eigenvalue weighted by molar-refractivity contribution is 0.104. The molecule has 1 saturated carbocycles. The van der Waals surface area contributed by atoms with E-state index < -0.39 is 0 Å². The van der Waals surface area contributed by atoms with E-state index in [1.54, 1.807) is 0 Å². The lowest BCUT2D eigenvalue weighted by Crippen LogP contribution is -2.25. The van der Waals surface area contributed by atoms with Gasteiger partial charge in [0.25, 0.3) is 0 Å². The van der Waals surface area contributed by atoms with Crippen molar-refractivity contribution in [3.05, 3.63) is 17.6 Å². The van der Waals surface area contributed by atoms with E-state index in [1.165, 1.54) is 6.42 Å². The summed E-state index contributed by atoms with van der Waals surface area (Å²) in [4.78, 5) is 9.00. The van der Waals surface area contributed by atoms with Gasteiger partial charge in [-0.05, 0) is 32.1 Å². The van der Waals surface area contributed by atoms with Crippen molar-refractivity contribution in [1.29, 1.82) is 0 Å². The van der Waals surface area contributed by atoms with Crippen LogP contribution in [0.15, 0.2) is 6.07 Å². The van der Waals surface area contributed by atoms with E-state index in [1.807, 2.05) is 13.0 Å². The van der Waals surface area contributed by atoms with E-state index in [-0.39, 0.29) is 6.10 Å². The third-order valence-corrected chi connectivity index (χ3v) is 3.71. The predicted molar refractivity (Wildman–Crippen MR) is 77.3 cm³/mol. The summed E-state index contributed by atoms with van der Waals surface area (Å²) in [5, 5.41) is 13.1. The molecule has 2 atom stereocenters. The maximum Gasteiger partial charge on any atom is 0.133 e. The number of rotatable bonds is 4. The van der Waals surface area contributed by atoms with Gasteiger partial charge in [0, 0.05) is 24.2 Å². The Morgan fingerprint density at radius 2 is 2.16 bits per heavy atom. The summed E-state index contributed by atoms with van der Waals surface area (Å²) < 4.78 is 0. The van der Waals surface area contributed by atoms with Crippen molar-refractivity contribution in [1.82, 2.24) is 9.97 Å². The molecule has 106 valence electrons. The van der Waals surface area contributed by atoms with Crippen LogP contribution < -0.4 is 5.32 Å². The van der Waals surface area contributed by atoms with Gasteiger partial charge in [0.2, 0.25) is 0 Å². The van der Waals surface area contributed by atoms with E-state index in [0.29, 0.717) is 11.8 Å². The van der Waals surface area contributed by atoms with Crippen molar-refractivity contribution in [2.45, 2.75) is 58.5 Å². The molecule has 0 radical (unpaired) electrons. The predicted octanol–water partition coefficient (Wildman–Crippen LogP) is 2.87. The summed E-state index contributed by atoms with van der Waals surface area (Å²) in [6, 6.07) is 1.99. The summed E-state index contributed by atoms with van der Waals surface area (Å²) in [6.45, 7) is 7.11. The molecule has 4 nitrogen and oxygen atoms in total. The largest absolute Gasteiger partial charge is 0.393 e. The number of hydrogen-bond donors (Lipinski definition) is 2. The first kappa shape index (κ1) is 14.3. The molecule has 1 aliphatic rings. The Labute approximate surface area is 115 Å². The highest BCUT2D eigenvalue weighted by Gasteiger charge is 2.20. The maximum atomic E-state index is 9.68. The molecular weight excluding hydrogens is 238 g/mol. The molecule has 2 unspecified atom stereocenters. The number of hydrogen-bond acceptors (Lipinski definition) is 4. The normalized spacial score (nSPS) is 23.6. The lowest BCUT2D eigenvalue weighted by atomic mass is 9.87. The minimum Gasteiger partial charge on any atom is -0.393 e. The quantitative estimate of drug-likeness (QED) is 0.877. The zero-order chi connectivity index (χ0) is 13.8. The SMILES string of the molecule is Cc1cc(NCC2CCCC(O)C2)nc(C(C)C)n1. The molecule has 2 rings (SSSR count). The van der Waals surface area contributed by atoms with Crippen molar-refractivity contribution in [2.75, 3.05) is 11.9 Å². The fraction of sp³-hybridized carbons (Fsp3) is 0.733. The van der Waals surface area contributed by atoms with Crippen molar-refractivity contribution < 1.29 is 5.11 Å². The van der Waals surface area contributed by atoms with Gasteiger partial charge in [-0.1, -0.05) is 20.3 Å². The molecule has 0 spiro atoms. The van der Waals surface area contributed by atoms with Gasteiger partial charge >= 0.3 is 0 Å². The number of aryl methyl sites for hydroxylation is 1. The fourth-order valence-electron chi connectivity index (χ4n) is 2.64. The van der Waals surface area contributed by atoms with E-state index in [2.05, 4.69) is 29.1 Å². The molecule has 0 aliphatic heterocycles. The molecule has 4 heteroatoms. The van der Waals surface area contributed by atoms with Crippen molar-refractivity contribution in [3.63, 3.8) is 0 Å². The molecule has 1 aromatic rings. The Kier molecular flexibility index (Phi) is 4.75. The molecule has 0 amide bonds. The van der Waals surface area contributed by atoms with E-state index >= 15 is 0 Å². The van der Waals surface area contributed by atoms with Gasteiger partial charge in [-0.25, -0.2) is 9.97 Å². The van der Waals surface area contributed by atoms with Gasteiger partial charge in [-0.3, -0.25) is 0 Å². The molecular formula is C15H25N3O. The van der Waals surface area contributed by atoms with Crippen molar-refractivity contribution in [2.24, 2.45) is 5.92 Å². The Hall–Kier alpha value is -1.16. The maximum absolute atomic E-state index is 9.68. The van der Waals surface area contributed by atoms with Gasteiger partial charge in [-0.15, -0.1) is 0 Å². The van der Waals surface area contributed by atoms with Crippen molar-refractivity contribution in [3.8, 4) is 0 Å². The Morgan fingerprint density at radius 1 is 1.37 bits per heavy atom. The van der Waals surface area contributed by atoms with Crippen LogP contribution in [0.2, 0.25) is 0 Å².